The van der Waals surface area contributed by atoms with Gasteiger partial charge in [0.15, 0.2) is 4.77 Å². The van der Waals surface area contributed by atoms with Crippen LogP contribution < -0.4 is 0 Å². The molecular weight excluding hydrogens is 220 g/mol. The number of unbranched alkanes of at least 4 members (excludes halogenated alkanes) is 1. The first-order valence-corrected chi connectivity index (χ1v) is 6.15. The van der Waals surface area contributed by atoms with Crippen LogP contribution in [0.1, 0.15) is 39.3 Å². The topological polar surface area (TPSA) is 29.9 Å². The van der Waals surface area contributed by atoms with Crippen LogP contribution in [0.5, 0.6) is 0 Å². The van der Waals surface area contributed by atoms with Gasteiger partial charge < -0.3 is 14.3 Å². The van der Waals surface area contributed by atoms with Crippen LogP contribution >= 0.6 is 12.2 Å². The minimum atomic E-state index is 0.134. The predicted molar refractivity (Wildman–Crippen MR) is 69.4 cm³/mol. The number of nitrogens with zero attached hydrogens (tertiary/aromatic N) is 1. The molecule has 1 heterocycles. The SMILES string of the molecule is COCCCCn1c(C(C)(C)C)c[nH]c1=S. The Kier molecular flexibility index (Phi) is 4.74. The van der Waals surface area contributed by atoms with Gasteiger partial charge in [-0.15, -0.1) is 0 Å². The molecule has 0 aliphatic rings. The molecular formula is C12H22N2OS. The maximum Gasteiger partial charge on any atom is 0.177 e. The summed E-state index contributed by atoms with van der Waals surface area (Å²) in [4.78, 5) is 3.13. The summed E-state index contributed by atoms with van der Waals surface area (Å²) in [5.41, 5.74) is 1.41. The Labute approximate surface area is 103 Å². The second-order valence-electron chi connectivity index (χ2n) is 5.08. The summed E-state index contributed by atoms with van der Waals surface area (Å²) in [6.45, 7) is 8.41. The highest BCUT2D eigenvalue weighted by Crippen LogP contribution is 2.22. The molecule has 0 aliphatic carbocycles. The van der Waals surface area contributed by atoms with Crippen LogP contribution in [-0.2, 0) is 16.7 Å². The van der Waals surface area contributed by atoms with Crippen LogP contribution in [0.4, 0.5) is 0 Å². The van der Waals surface area contributed by atoms with E-state index >= 15 is 0 Å². The van der Waals surface area contributed by atoms with Crippen molar-refractivity contribution in [2.45, 2.75) is 45.6 Å². The molecule has 16 heavy (non-hydrogen) atoms. The molecule has 1 rings (SSSR count). The smallest absolute Gasteiger partial charge is 0.177 e. The fraction of sp³-hybridized carbons (Fsp3) is 0.750. The van der Waals surface area contributed by atoms with E-state index in [0.29, 0.717) is 0 Å². The molecule has 0 unspecified atom stereocenters. The van der Waals surface area contributed by atoms with Gasteiger partial charge in [0.25, 0.3) is 0 Å². The minimum absolute atomic E-state index is 0.134. The highest BCUT2D eigenvalue weighted by molar-refractivity contribution is 7.71. The molecule has 1 N–H and O–H groups in total. The minimum Gasteiger partial charge on any atom is -0.385 e. The Hall–Kier alpha value is -0.610. The highest BCUT2D eigenvalue weighted by atomic mass is 32.1. The molecule has 0 aliphatic heterocycles. The van der Waals surface area contributed by atoms with E-state index in [0.717, 1.165) is 30.8 Å². The number of ether oxygens (including phenoxy) is 1. The lowest BCUT2D eigenvalue weighted by Crippen LogP contribution is -2.18. The van der Waals surface area contributed by atoms with Gasteiger partial charge in [-0.05, 0) is 25.1 Å². The molecule has 1 aromatic rings. The number of methoxy groups -OCH3 is 1. The summed E-state index contributed by atoms with van der Waals surface area (Å²) in [5, 5.41) is 0. The predicted octanol–water partition coefficient (Wildman–Crippen LogP) is 3.27. The van der Waals surface area contributed by atoms with E-state index in [1.54, 1.807) is 7.11 Å². The van der Waals surface area contributed by atoms with Crippen LogP contribution in [0.2, 0.25) is 0 Å². The quantitative estimate of drug-likeness (QED) is 0.634. The fourth-order valence-electron chi connectivity index (χ4n) is 1.76. The first kappa shape index (κ1) is 13.5. The van der Waals surface area contributed by atoms with Gasteiger partial charge in [-0.25, -0.2) is 0 Å². The number of imidazole rings is 1. The number of aromatic amines is 1. The normalized spacial score (nSPS) is 12.0. The van der Waals surface area contributed by atoms with E-state index in [9.17, 15) is 0 Å². The van der Waals surface area contributed by atoms with Gasteiger partial charge in [-0.1, -0.05) is 20.8 Å². The van der Waals surface area contributed by atoms with Gasteiger partial charge in [0.05, 0.1) is 0 Å². The van der Waals surface area contributed by atoms with Gasteiger partial charge in [-0.3, -0.25) is 0 Å². The fourth-order valence-corrected chi connectivity index (χ4v) is 2.00. The Morgan fingerprint density at radius 2 is 2.06 bits per heavy atom. The molecule has 0 saturated heterocycles. The number of hydrogen-bond acceptors (Lipinski definition) is 2. The van der Waals surface area contributed by atoms with Gasteiger partial charge >= 0.3 is 0 Å². The second kappa shape index (κ2) is 5.64. The lowest BCUT2D eigenvalue weighted by atomic mass is 9.92. The molecule has 92 valence electrons. The number of aromatic nitrogens is 2. The third-order valence-electron chi connectivity index (χ3n) is 2.62. The Bertz CT molecular complexity index is 373. The van der Waals surface area contributed by atoms with Crippen LogP contribution in [-0.4, -0.2) is 23.3 Å². The van der Waals surface area contributed by atoms with Crippen LogP contribution in [0.3, 0.4) is 0 Å². The van der Waals surface area contributed by atoms with Crippen molar-refractivity contribution >= 4 is 12.2 Å². The molecule has 3 nitrogen and oxygen atoms in total. The van der Waals surface area contributed by atoms with E-state index in [1.807, 2.05) is 6.20 Å². The van der Waals surface area contributed by atoms with Gasteiger partial charge in [-0.2, -0.15) is 0 Å². The van der Waals surface area contributed by atoms with Crippen molar-refractivity contribution < 1.29 is 4.74 Å². The Morgan fingerprint density at radius 1 is 1.38 bits per heavy atom. The second-order valence-corrected chi connectivity index (χ2v) is 5.47. The average molecular weight is 242 g/mol. The first-order valence-electron chi connectivity index (χ1n) is 5.74. The Morgan fingerprint density at radius 3 is 2.62 bits per heavy atom. The van der Waals surface area contributed by atoms with E-state index in [-0.39, 0.29) is 5.41 Å². The molecule has 0 spiro atoms. The van der Waals surface area contributed by atoms with E-state index in [1.165, 1.54) is 5.69 Å². The molecule has 0 radical (unpaired) electrons. The zero-order valence-corrected chi connectivity index (χ0v) is 11.5. The highest BCUT2D eigenvalue weighted by Gasteiger charge is 2.18. The lowest BCUT2D eigenvalue weighted by Gasteiger charge is -2.20. The molecule has 0 atom stereocenters. The van der Waals surface area contributed by atoms with E-state index in [2.05, 4.69) is 30.3 Å². The number of H-pyrrole nitrogens is 1. The number of hydrogen-bond donors (Lipinski definition) is 1. The van der Waals surface area contributed by atoms with Gasteiger partial charge in [0, 0.05) is 37.6 Å². The molecule has 4 heteroatoms. The summed E-state index contributed by atoms with van der Waals surface area (Å²) in [6, 6.07) is 0. The van der Waals surface area contributed by atoms with Crippen molar-refractivity contribution in [2.75, 3.05) is 13.7 Å². The third kappa shape index (κ3) is 3.46. The molecule has 1 aromatic heterocycles. The monoisotopic (exact) mass is 242 g/mol. The lowest BCUT2D eigenvalue weighted by molar-refractivity contribution is 0.191. The standard InChI is InChI=1S/C12H22N2OS/c1-12(2,3)10-9-13-11(16)14(10)7-5-6-8-15-4/h9H,5-8H2,1-4H3,(H,13,16). The van der Waals surface area contributed by atoms with Crippen molar-refractivity contribution in [1.82, 2.24) is 9.55 Å². The summed E-state index contributed by atoms with van der Waals surface area (Å²) in [6.07, 6.45) is 4.20. The van der Waals surface area contributed by atoms with Crippen LogP contribution in [0, 0.1) is 4.77 Å². The molecule has 0 aromatic carbocycles. The van der Waals surface area contributed by atoms with E-state index < -0.39 is 0 Å². The zero-order valence-electron chi connectivity index (χ0n) is 10.7. The maximum absolute atomic E-state index is 5.30. The van der Waals surface area contributed by atoms with Crippen molar-refractivity contribution in [3.8, 4) is 0 Å². The van der Waals surface area contributed by atoms with Gasteiger partial charge in [0.1, 0.15) is 0 Å². The number of rotatable bonds is 5. The average Bonchev–Trinajstić information content (AvgIpc) is 2.54. The van der Waals surface area contributed by atoms with Crippen LogP contribution in [0.25, 0.3) is 0 Å². The zero-order chi connectivity index (χ0) is 12.2. The maximum atomic E-state index is 5.30. The summed E-state index contributed by atoms with van der Waals surface area (Å²) in [5.74, 6) is 0. The van der Waals surface area contributed by atoms with Crippen molar-refractivity contribution in [3.63, 3.8) is 0 Å². The van der Waals surface area contributed by atoms with Crippen molar-refractivity contribution in [2.24, 2.45) is 0 Å². The molecule has 0 fully saturated rings. The largest absolute Gasteiger partial charge is 0.385 e. The molecule has 0 amide bonds. The third-order valence-corrected chi connectivity index (χ3v) is 2.96. The Balaban J connectivity index is 2.71. The van der Waals surface area contributed by atoms with Crippen molar-refractivity contribution in [1.29, 1.82) is 0 Å². The van der Waals surface area contributed by atoms with E-state index in [4.69, 9.17) is 17.0 Å². The first-order chi connectivity index (χ1) is 7.46. The summed E-state index contributed by atoms with van der Waals surface area (Å²) < 4.78 is 8.07. The molecule has 0 saturated carbocycles. The number of nitrogens with one attached hydrogen (secondary N) is 1. The van der Waals surface area contributed by atoms with Crippen molar-refractivity contribution in [3.05, 3.63) is 16.7 Å². The summed E-state index contributed by atoms with van der Waals surface area (Å²) in [7, 11) is 1.74. The van der Waals surface area contributed by atoms with Gasteiger partial charge in [0.2, 0.25) is 0 Å². The molecule has 0 bridgehead atoms. The summed E-state index contributed by atoms with van der Waals surface area (Å²) >= 11 is 5.30. The van der Waals surface area contributed by atoms with Crippen LogP contribution in [0.15, 0.2) is 6.20 Å².